The fourth-order valence-electron chi connectivity index (χ4n) is 4.80. The lowest BCUT2D eigenvalue weighted by molar-refractivity contribution is -0.122. The Kier molecular flexibility index (Phi) is 5.22. The van der Waals surface area contributed by atoms with Gasteiger partial charge in [0.05, 0.1) is 0 Å². The van der Waals surface area contributed by atoms with E-state index in [0.29, 0.717) is 18.0 Å². The molecular formula is C20H29ClN2O. The molecule has 2 atom stereocenters. The summed E-state index contributed by atoms with van der Waals surface area (Å²) in [6.45, 7) is 3.00. The highest BCUT2D eigenvalue weighted by Gasteiger charge is 2.45. The molecule has 2 unspecified atom stereocenters. The summed E-state index contributed by atoms with van der Waals surface area (Å²) < 4.78 is 0. The van der Waals surface area contributed by atoms with Crippen LogP contribution in [0, 0.1) is 12.8 Å². The lowest BCUT2D eigenvalue weighted by atomic mass is 9.89. The Morgan fingerprint density at radius 1 is 1.21 bits per heavy atom. The minimum absolute atomic E-state index is 0. The molecule has 3 aliphatic rings. The van der Waals surface area contributed by atoms with E-state index in [2.05, 4.69) is 41.8 Å². The first-order valence-electron chi connectivity index (χ1n) is 9.23. The fourth-order valence-corrected chi connectivity index (χ4v) is 4.80. The normalized spacial score (nSPS) is 29.6. The quantitative estimate of drug-likeness (QED) is 0.855. The maximum atomic E-state index is 12.4. The van der Waals surface area contributed by atoms with Crippen LogP contribution in [0.15, 0.2) is 24.3 Å². The van der Waals surface area contributed by atoms with E-state index >= 15 is 0 Å². The van der Waals surface area contributed by atoms with E-state index in [4.69, 9.17) is 0 Å². The number of hydrogen-bond donors (Lipinski definition) is 2. The molecular weight excluding hydrogens is 320 g/mol. The highest BCUT2D eigenvalue weighted by Crippen LogP contribution is 2.48. The summed E-state index contributed by atoms with van der Waals surface area (Å²) in [5, 5.41) is 6.90. The van der Waals surface area contributed by atoms with Crippen molar-refractivity contribution in [2.75, 3.05) is 6.54 Å². The molecule has 2 N–H and O–H groups in total. The molecule has 3 fully saturated rings. The zero-order valence-corrected chi connectivity index (χ0v) is 15.3. The van der Waals surface area contributed by atoms with Crippen LogP contribution in [0.4, 0.5) is 0 Å². The summed E-state index contributed by atoms with van der Waals surface area (Å²) in [5.74, 6) is 0.846. The van der Waals surface area contributed by atoms with Gasteiger partial charge in [-0.3, -0.25) is 4.79 Å². The SMILES string of the molecule is Cc1ccccc1C1(CNC(=O)CC2CC3CCC(C2)N3)CC1.Cl. The number of benzene rings is 1. The van der Waals surface area contributed by atoms with E-state index in [1.165, 1.54) is 49.7 Å². The van der Waals surface area contributed by atoms with Gasteiger partial charge in [0.15, 0.2) is 0 Å². The molecule has 24 heavy (non-hydrogen) atoms. The topological polar surface area (TPSA) is 41.1 Å². The molecule has 1 aromatic carbocycles. The lowest BCUT2D eigenvalue weighted by Crippen LogP contribution is -2.40. The third-order valence-electron chi connectivity index (χ3n) is 6.24. The van der Waals surface area contributed by atoms with Crippen LogP contribution in [0.5, 0.6) is 0 Å². The second-order valence-corrected chi connectivity index (χ2v) is 8.05. The molecule has 0 radical (unpaired) electrons. The molecule has 2 aliphatic heterocycles. The van der Waals surface area contributed by atoms with Gasteiger partial charge >= 0.3 is 0 Å². The molecule has 1 saturated carbocycles. The van der Waals surface area contributed by atoms with E-state index < -0.39 is 0 Å². The lowest BCUT2D eigenvalue weighted by Gasteiger charge is -2.29. The third kappa shape index (κ3) is 3.62. The molecule has 0 spiro atoms. The molecule has 1 aromatic rings. The Morgan fingerprint density at radius 2 is 1.88 bits per heavy atom. The van der Waals surface area contributed by atoms with Crippen molar-refractivity contribution in [1.29, 1.82) is 0 Å². The minimum atomic E-state index is 0. The number of aryl methyl sites for hydroxylation is 1. The number of carbonyl (C=O) groups excluding carboxylic acids is 1. The van der Waals surface area contributed by atoms with Crippen LogP contribution < -0.4 is 10.6 Å². The first-order valence-corrected chi connectivity index (χ1v) is 9.23. The maximum absolute atomic E-state index is 12.4. The predicted molar refractivity (Wildman–Crippen MR) is 99.6 cm³/mol. The number of carbonyl (C=O) groups is 1. The van der Waals surface area contributed by atoms with Crippen molar-refractivity contribution in [1.82, 2.24) is 10.6 Å². The Balaban J connectivity index is 0.00000169. The average molecular weight is 349 g/mol. The van der Waals surface area contributed by atoms with E-state index in [0.717, 1.165) is 13.0 Å². The van der Waals surface area contributed by atoms with Gasteiger partial charge in [-0.05, 0) is 62.5 Å². The van der Waals surface area contributed by atoms with E-state index in [9.17, 15) is 4.79 Å². The molecule has 132 valence electrons. The van der Waals surface area contributed by atoms with Crippen molar-refractivity contribution in [3.63, 3.8) is 0 Å². The molecule has 0 aromatic heterocycles. The van der Waals surface area contributed by atoms with Crippen molar-refractivity contribution in [3.05, 3.63) is 35.4 Å². The van der Waals surface area contributed by atoms with E-state index in [1.54, 1.807) is 0 Å². The zero-order chi connectivity index (χ0) is 15.9. The molecule has 2 heterocycles. The van der Waals surface area contributed by atoms with Gasteiger partial charge in [-0.15, -0.1) is 12.4 Å². The summed E-state index contributed by atoms with van der Waals surface area (Å²) >= 11 is 0. The summed E-state index contributed by atoms with van der Waals surface area (Å²) in [5.41, 5.74) is 3.00. The van der Waals surface area contributed by atoms with E-state index in [1.807, 2.05) is 0 Å². The Morgan fingerprint density at radius 3 is 2.50 bits per heavy atom. The smallest absolute Gasteiger partial charge is 0.220 e. The minimum Gasteiger partial charge on any atom is -0.355 e. The highest BCUT2D eigenvalue weighted by molar-refractivity contribution is 5.85. The summed E-state index contributed by atoms with van der Waals surface area (Å²) in [6.07, 6.45) is 8.11. The Bertz CT molecular complexity index is 587. The van der Waals surface area contributed by atoms with Crippen LogP contribution in [0.25, 0.3) is 0 Å². The van der Waals surface area contributed by atoms with Gasteiger partial charge in [-0.25, -0.2) is 0 Å². The highest BCUT2D eigenvalue weighted by atomic mass is 35.5. The molecule has 2 bridgehead atoms. The molecule has 4 heteroatoms. The number of piperidine rings is 1. The van der Waals surface area contributed by atoms with Crippen LogP contribution in [-0.4, -0.2) is 24.5 Å². The molecule has 2 saturated heterocycles. The Labute approximate surface area is 151 Å². The second-order valence-electron chi connectivity index (χ2n) is 8.05. The zero-order valence-electron chi connectivity index (χ0n) is 14.5. The number of hydrogen-bond acceptors (Lipinski definition) is 2. The van der Waals surface area contributed by atoms with Crippen LogP contribution >= 0.6 is 12.4 Å². The maximum Gasteiger partial charge on any atom is 0.220 e. The molecule has 3 nitrogen and oxygen atoms in total. The van der Waals surface area contributed by atoms with Gasteiger partial charge < -0.3 is 10.6 Å². The second kappa shape index (κ2) is 7.05. The number of amides is 1. The first kappa shape index (κ1) is 17.8. The van der Waals surface area contributed by atoms with Crippen molar-refractivity contribution in [2.45, 2.75) is 69.4 Å². The number of halogens is 1. The van der Waals surface area contributed by atoms with Crippen LogP contribution in [0.3, 0.4) is 0 Å². The first-order chi connectivity index (χ1) is 11.1. The number of fused-ring (bicyclic) bond motifs is 2. The average Bonchev–Trinajstić information content (AvgIpc) is 3.25. The Hall–Kier alpha value is -1.06. The van der Waals surface area contributed by atoms with Crippen LogP contribution in [-0.2, 0) is 10.2 Å². The van der Waals surface area contributed by atoms with Gasteiger partial charge in [0.1, 0.15) is 0 Å². The van der Waals surface area contributed by atoms with Gasteiger partial charge in [0, 0.05) is 30.5 Å². The third-order valence-corrected chi connectivity index (χ3v) is 6.24. The van der Waals surface area contributed by atoms with Gasteiger partial charge in [0.25, 0.3) is 0 Å². The van der Waals surface area contributed by atoms with Gasteiger partial charge in [0.2, 0.25) is 5.91 Å². The van der Waals surface area contributed by atoms with Crippen LogP contribution in [0.1, 0.15) is 56.1 Å². The molecule has 1 amide bonds. The van der Waals surface area contributed by atoms with Gasteiger partial charge in [-0.1, -0.05) is 24.3 Å². The number of rotatable bonds is 5. The molecule has 1 aliphatic carbocycles. The predicted octanol–water partition coefficient (Wildman–Crippen LogP) is 3.49. The van der Waals surface area contributed by atoms with Crippen molar-refractivity contribution in [3.8, 4) is 0 Å². The van der Waals surface area contributed by atoms with Crippen molar-refractivity contribution < 1.29 is 4.79 Å². The fraction of sp³-hybridized carbons (Fsp3) is 0.650. The summed E-state index contributed by atoms with van der Waals surface area (Å²) in [4.78, 5) is 12.4. The van der Waals surface area contributed by atoms with Crippen molar-refractivity contribution in [2.24, 2.45) is 5.92 Å². The summed E-state index contributed by atoms with van der Waals surface area (Å²) in [7, 11) is 0. The van der Waals surface area contributed by atoms with Gasteiger partial charge in [-0.2, -0.15) is 0 Å². The summed E-state index contributed by atoms with van der Waals surface area (Å²) in [6, 6.07) is 9.98. The van der Waals surface area contributed by atoms with Crippen molar-refractivity contribution >= 4 is 18.3 Å². The van der Waals surface area contributed by atoms with E-state index in [-0.39, 0.29) is 23.7 Å². The number of nitrogens with one attached hydrogen (secondary N) is 2. The molecule has 4 rings (SSSR count). The monoisotopic (exact) mass is 348 g/mol. The largest absolute Gasteiger partial charge is 0.355 e. The van der Waals surface area contributed by atoms with Crippen LogP contribution in [0.2, 0.25) is 0 Å². The standard InChI is InChI=1S/C20H28N2O.ClH/c1-14-4-2-3-5-18(14)20(8-9-20)13-21-19(23)12-15-10-16-6-7-17(11-15)22-16;/h2-5,15-17,22H,6-13H2,1H3,(H,21,23);1H.